The zero-order chi connectivity index (χ0) is 12.9. The Bertz CT molecular complexity index is 266. The van der Waals surface area contributed by atoms with Crippen molar-refractivity contribution < 1.29 is 4.79 Å². The highest BCUT2D eigenvalue weighted by Crippen LogP contribution is 2.17. The monoisotopic (exact) mass is 223 g/mol. The van der Waals surface area contributed by atoms with Gasteiger partial charge in [0.1, 0.15) is 0 Å². The van der Waals surface area contributed by atoms with Crippen molar-refractivity contribution >= 4 is 5.91 Å². The van der Waals surface area contributed by atoms with Crippen LogP contribution < -0.4 is 0 Å². The van der Waals surface area contributed by atoms with Crippen LogP contribution in [0.5, 0.6) is 0 Å². The Kier molecular flexibility index (Phi) is 6.09. The second kappa shape index (κ2) is 6.51. The van der Waals surface area contributed by atoms with Crippen LogP contribution in [0.3, 0.4) is 0 Å². The minimum Gasteiger partial charge on any atom is -0.334 e. The van der Waals surface area contributed by atoms with Gasteiger partial charge in [0.15, 0.2) is 0 Å². The maximum absolute atomic E-state index is 12.4. The molecule has 0 N–H and O–H groups in total. The molecule has 0 saturated heterocycles. The van der Waals surface area contributed by atoms with Crippen molar-refractivity contribution in [2.24, 2.45) is 5.92 Å². The molecule has 0 spiro atoms. The van der Waals surface area contributed by atoms with Crippen molar-refractivity contribution in [1.82, 2.24) is 4.90 Å². The van der Waals surface area contributed by atoms with E-state index < -0.39 is 0 Å². The van der Waals surface area contributed by atoms with Crippen molar-refractivity contribution in [1.29, 1.82) is 0 Å². The molecule has 0 aromatic heterocycles. The van der Waals surface area contributed by atoms with Crippen molar-refractivity contribution in [3.05, 3.63) is 24.3 Å². The average molecular weight is 223 g/mol. The van der Waals surface area contributed by atoms with Gasteiger partial charge < -0.3 is 4.90 Å². The van der Waals surface area contributed by atoms with Crippen LogP contribution in [-0.4, -0.2) is 22.9 Å². The lowest BCUT2D eigenvalue weighted by Crippen LogP contribution is -2.43. The van der Waals surface area contributed by atoms with E-state index in [-0.39, 0.29) is 23.9 Å². The predicted molar refractivity (Wildman–Crippen MR) is 70.2 cm³/mol. The van der Waals surface area contributed by atoms with Crippen LogP contribution in [0.4, 0.5) is 0 Å². The Morgan fingerprint density at radius 3 is 1.75 bits per heavy atom. The first-order valence-corrected chi connectivity index (χ1v) is 5.98. The summed E-state index contributed by atoms with van der Waals surface area (Å²) in [5, 5.41) is 0. The van der Waals surface area contributed by atoms with Crippen LogP contribution in [0, 0.1) is 5.92 Å². The van der Waals surface area contributed by atoms with Gasteiger partial charge in [0, 0.05) is 17.7 Å². The van der Waals surface area contributed by atoms with E-state index in [1.54, 1.807) is 6.08 Å². The van der Waals surface area contributed by atoms with Gasteiger partial charge in [-0.3, -0.25) is 4.79 Å². The molecule has 1 amide bonds. The van der Waals surface area contributed by atoms with E-state index in [1.807, 2.05) is 52.5 Å². The van der Waals surface area contributed by atoms with Gasteiger partial charge in [-0.1, -0.05) is 32.6 Å². The first-order valence-electron chi connectivity index (χ1n) is 5.98. The highest BCUT2D eigenvalue weighted by atomic mass is 16.2. The molecule has 16 heavy (non-hydrogen) atoms. The van der Waals surface area contributed by atoms with E-state index in [2.05, 4.69) is 6.58 Å². The first-order chi connectivity index (χ1) is 7.32. The lowest BCUT2D eigenvalue weighted by atomic mass is 10.00. The van der Waals surface area contributed by atoms with Crippen LogP contribution >= 0.6 is 0 Å². The number of allylic oxidation sites excluding steroid dienone is 2. The fourth-order valence-electron chi connectivity index (χ4n) is 1.85. The largest absolute Gasteiger partial charge is 0.334 e. The fourth-order valence-corrected chi connectivity index (χ4v) is 1.85. The zero-order valence-corrected chi connectivity index (χ0v) is 11.4. The molecular formula is C14H25NO. The van der Waals surface area contributed by atoms with Crippen LogP contribution in [-0.2, 0) is 4.79 Å². The summed E-state index contributed by atoms with van der Waals surface area (Å²) < 4.78 is 0. The summed E-state index contributed by atoms with van der Waals surface area (Å²) >= 11 is 0. The zero-order valence-electron chi connectivity index (χ0n) is 11.4. The highest BCUT2D eigenvalue weighted by Gasteiger charge is 2.24. The molecule has 0 bridgehead atoms. The van der Waals surface area contributed by atoms with Crippen LogP contribution in [0.2, 0.25) is 0 Å². The summed E-state index contributed by atoms with van der Waals surface area (Å²) in [6, 6.07) is 0.443. The van der Waals surface area contributed by atoms with E-state index >= 15 is 0 Å². The smallest absolute Gasteiger partial charge is 0.250 e. The van der Waals surface area contributed by atoms with E-state index in [1.165, 1.54) is 0 Å². The predicted octanol–water partition coefficient (Wildman–Crippen LogP) is 3.40. The SMILES string of the molecule is C=C/C=C(/C(=O)N(C(C)C)C(C)C)C(C)C. The lowest BCUT2D eigenvalue weighted by molar-refractivity contribution is -0.131. The molecular weight excluding hydrogens is 198 g/mol. The van der Waals surface area contributed by atoms with Gasteiger partial charge in [-0.2, -0.15) is 0 Å². The molecule has 0 aromatic rings. The number of hydrogen-bond acceptors (Lipinski definition) is 1. The molecule has 0 atom stereocenters. The fraction of sp³-hybridized carbons (Fsp3) is 0.643. The van der Waals surface area contributed by atoms with Gasteiger partial charge in [-0.25, -0.2) is 0 Å². The van der Waals surface area contributed by atoms with E-state index in [0.29, 0.717) is 0 Å². The van der Waals surface area contributed by atoms with E-state index in [9.17, 15) is 4.79 Å². The molecule has 0 aromatic carbocycles. The minimum absolute atomic E-state index is 0.125. The Morgan fingerprint density at radius 1 is 1.06 bits per heavy atom. The average Bonchev–Trinajstić information content (AvgIpc) is 2.11. The van der Waals surface area contributed by atoms with Gasteiger partial charge in [0.2, 0.25) is 5.91 Å². The number of amides is 1. The maximum atomic E-state index is 12.4. The second-order valence-electron chi connectivity index (χ2n) is 4.91. The van der Waals surface area contributed by atoms with E-state index in [0.717, 1.165) is 5.57 Å². The quantitative estimate of drug-likeness (QED) is 0.517. The minimum atomic E-state index is 0.125. The van der Waals surface area contributed by atoms with Gasteiger partial charge in [-0.15, -0.1) is 0 Å². The van der Waals surface area contributed by atoms with Gasteiger partial charge in [0.05, 0.1) is 0 Å². The molecule has 0 unspecified atom stereocenters. The Hall–Kier alpha value is -1.05. The molecule has 0 aliphatic heterocycles. The third-order valence-electron chi connectivity index (χ3n) is 2.51. The summed E-state index contributed by atoms with van der Waals surface area (Å²) in [6.45, 7) is 15.9. The molecule has 0 radical (unpaired) electrons. The summed E-state index contributed by atoms with van der Waals surface area (Å²) in [4.78, 5) is 14.3. The Morgan fingerprint density at radius 2 is 1.50 bits per heavy atom. The number of rotatable bonds is 5. The molecule has 92 valence electrons. The van der Waals surface area contributed by atoms with Gasteiger partial charge in [0.25, 0.3) is 0 Å². The van der Waals surface area contributed by atoms with Crippen LogP contribution in [0.1, 0.15) is 41.5 Å². The molecule has 0 aliphatic carbocycles. The van der Waals surface area contributed by atoms with Crippen molar-refractivity contribution in [3.8, 4) is 0 Å². The molecule has 0 fully saturated rings. The number of carbonyl (C=O) groups is 1. The third-order valence-corrected chi connectivity index (χ3v) is 2.51. The lowest BCUT2D eigenvalue weighted by Gasteiger charge is -2.32. The molecule has 0 saturated carbocycles. The summed E-state index contributed by atoms with van der Waals surface area (Å²) in [5.74, 6) is 0.352. The molecule has 0 rings (SSSR count). The van der Waals surface area contributed by atoms with Crippen LogP contribution in [0.15, 0.2) is 24.3 Å². The van der Waals surface area contributed by atoms with Crippen molar-refractivity contribution in [2.75, 3.05) is 0 Å². The standard InChI is InChI=1S/C14H25NO/c1-8-9-13(10(2)3)14(16)15(11(4)5)12(6)7/h8-12H,1H2,2-7H3/b13-9+. The summed E-state index contributed by atoms with van der Waals surface area (Å²) in [5.41, 5.74) is 0.831. The van der Waals surface area contributed by atoms with Gasteiger partial charge >= 0.3 is 0 Å². The van der Waals surface area contributed by atoms with E-state index in [4.69, 9.17) is 0 Å². The first kappa shape index (κ1) is 14.9. The molecule has 2 heteroatoms. The molecule has 0 aliphatic rings. The summed E-state index contributed by atoms with van der Waals surface area (Å²) in [6.07, 6.45) is 3.51. The maximum Gasteiger partial charge on any atom is 0.250 e. The Labute approximate surface area is 100 Å². The molecule has 0 heterocycles. The number of carbonyl (C=O) groups excluding carboxylic acids is 1. The summed E-state index contributed by atoms with van der Waals surface area (Å²) in [7, 11) is 0. The Balaban J connectivity index is 5.12. The number of hydrogen-bond donors (Lipinski definition) is 0. The van der Waals surface area contributed by atoms with Gasteiger partial charge in [-0.05, 0) is 33.6 Å². The van der Waals surface area contributed by atoms with Crippen molar-refractivity contribution in [2.45, 2.75) is 53.6 Å². The van der Waals surface area contributed by atoms with Crippen molar-refractivity contribution in [3.63, 3.8) is 0 Å². The second-order valence-corrected chi connectivity index (χ2v) is 4.91. The van der Waals surface area contributed by atoms with Crippen LogP contribution in [0.25, 0.3) is 0 Å². The normalized spacial score (nSPS) is 12.4. The topological polar surface area (TPSA) is 20.3 Å². The highest BCUT2D eigenvalue weighted by molar-refractivity contribution is 5.94. The number of nitrogens with zero attached hydrogens (tertiary/aromatic N) is 1. The third kappa shape index (κ3) is 3.84. The molecule has 2 nitrogen and oxygen atoms in total.